The summed E-state index contributed by atoms with van der Waals surface area (Å²) < 4.78 is 26.6. The zero-order chi connectivity index (χ0) is 14.9. The fourth-order valence-corrected chi connectivity index (χ4v) is 3.82. The molecule has 10 heteroatoms. The van der Waals surface area contributed by atoms with Crippen LogP contribution in [-0.2, 0) is 15.7 Å². The maximum absolute atomic E-state index is 12.2. The first-order chi connectivity index (χ1) is 9.36. The maximum Gasteiger partial charge on any atom is 0.353 e. The lowest BCUT2D eigenvalue weighted by molar-refractivity contribution is 0.577. The zero-order valence-electron chi connectivity index (χ0n) is 11.3. The molecule has 0 aromatic carbocycles. The maximum atomic E-state index is 12.2. The Kier molecular flexibility index (Phi) is 4.14. The molecule has 2 heterocycles. The van der Waals surface area contributed by atoms with E-state index in [2.05, 4.69) is 15.3 Å². The van der Waals surface area contributed by atoms with Crippen molar-refractivity contribution >= 4 is 27.2 Å². The van der Waals surface area contributed by atoms with E-state index in [1.54, 1.807) is 13.8 Å². The Morgan fingerprint density at radius 3 is 2.70 bits per heavy atom. The smallest absolute Gasteiger partial charge is 0.245 e. The van der Waals surface area contributed by atoms with E-state index in [-0.39, 0.29) is 22.3 Å². The number of rotatable bonds is 5. The summed E-state index contributed by atoms with van der Waals surface area (Å²) in [6.07, 6.45) is 3.00. The van der Waals surface area contributed by atoms with Crippen LogP contribution in [0.1, 0.15) is 13.8 Å². The standard InChI is InChI=1S/C10H15N5O3S2/c1-7(2)4-20(17,18)9-8-12-13-15(6-19-3)10(16)14(8)5-11-9/h5,7H,4,6H2,1-3H3. The third-order valence-corrected chi connectivity index (χ3v) is 4.97. The van der Waals surface area contributed by atoms with Crippen LogP contribution in [0.5, 0.6) is 0 Å². The van der Waals surface area contributed by atoms with Crippen molar-refractivity contribution in [1.29, 1.82) is 0 Å². The second-order valence-corrected chi connectivity index (χ2v) is 7.49. The lowest BCUT2D eigenvalue weighted by Gasteiger charge is -2.04. The molecule has 0 spiro atoms. The molecule has 0 aliphatic rings. The Morgan fingerprint density at radius 1 is 1.40 bits per heavy atom. The van der Waals surface area contributed by atoms with Crippen LogP contribution in [0.3, 0.4) is 0 Å². The molecule has 0 saturated heterocycles. The third kappa shape index (κ3) is 2.70. The molecule has 8 nitrogen and oxygen atoms in total. The van der Waals surface area contributed by atoms with Gasteiger partial charge in [-0.2, -0.15) is 4.68 Å². The SMILES string of the molecule is CSCn1nnc2c(S(=O)(=O)CC(C)C)ncn2c1=O. The van der Waals surface area contributed by atoms with E-state index >= 15 is 0 Å². The summed E-state index contributed by atoms with van der Waals surface area (Å²) in [5, 5.41) is 7.36. The minimum Gasteiger partial charge on any atom is -0.245 e. The van der Waals surface area contributed by atoms with E-state index in [0.29, 0.717) is 5.88 Å². The zero-order valence-corrected chi connectivity index (χ0v) is 13.0. The number of aromatic nitrogens is 5. The lowest BCUT2D eigenvalue weighted by atomic mass is 10.3. The minimum atomic E-state index is -3.57. The van der Waals surface area contributed by atoms with Gasteiger partial charge < -0.3 is 0 Å². The Bertz CT molecular complexity index is 778. The Hall–Kier alpha value is -1.42. The van der Waals surface area contributed by atoms with Crippen molar-refractivity contribution < 1.29 is 8.42 Å². The molecule has 0 N–H and O–H groups in total. The number of sulfone groups is 1. The van der Waals surface area contributed by atoms with Gasteiger partial charge in [-0.15, -0.1) is 16.9 Å². The monoisotopic (exact) mass is 317 g/mol. The summed E-state index contributed by atoms with van der Waals surface area (Å²) >= 11 is 1.41. The lowest BCUT2D eigenvalue weighted by Crippen LogP contribution is -2.29. The highest BCUT2D eigenvalue weighted by Gasteiger charge is 2.24. The molecule has 0 amide bonds. The summed E-state index contributed by atoms with van der Waals surface area (Å²) in [4.78, 5) is 15.9. The van der Waals surface area contributed by atoms with Gasteiger partial charge in [0.1, 0.15) is 6.33 Å². The van der Waals surface area contributed by atoms with Crippen LogP contribution in [0, 0.1) is 5.92 Å². The Labute approximate surface area is 120 Å². The summed E-state index contributed by atoms with van der Waals surface area (Å²) in [5.74, 6) is 0.255. The molecule has 0 atom stereocenters. The fraction of sp³-hybridized carbons (Fsp3) is 0.600. The van der Waals surface area contributed by atoms with Crippen LogP contribution in [0.25, 0.3) is 5.65 Å². The van der Waals surface area contributed by atoms with Crippen molar-refractivity contribution in [1.82, 2.24) is 24.4 Å². The second kappa shape index (κ2) is 5.52. The van der Waals surface area contributed by atoms with Gasteiger partial charge in [-0.1, -0.05) is 19.1 Å². The topological polar surface area (TPSA) is 99.2 Å². The van der Waals surface area contributed by atoms with E-state index in [9.17, 15) is 13.2 Å². The van der Waals surface area contributed by atoms with Crippen molar-refractivity contribution in [2.45, 2.75) is 24.8 Å². The van der Waals surface area contributed by atoms with Crippen molar-refractivity contribution in [2.24, 2.45) is 5.92 Å². The highest BCUT2D eigenvalue weighted by molar-refractivity contribution is 7.97. The highest BCUT2D eigenvalue weighted by atomic mass is 32.2. The van der Waals surface area contributed by atoms with Gasteiger partial charge in [-0.05, 0) is 12.2 Å². The first kappa shape index (κ1) is 15.0. The van der Waals surface area contributed by atoms with Crippen molar-refractivity contribution in [3.63, 3.8) is 0 Å². The summed E-state index contributed by atoms with van der Waals surface area (Å²) in [5.41, 5.74) is -0.476. The Morgan fingerprint density at radius 2 is 2.10 bits per heavy atom. The van der Waals surface area contributed by atoms with Gasteiger partial charge in [0, 0.05) is 0 Å². The van der Waals surface area contributed by atoms with Crippen molar-refractivity contribution in [3.8, 4) is 0 Å². The molecular formula is C10H15N5O3S2. The molecule has 0 unspecified atom stereocenters. The summed E-state index contributed by atoms with van der Waals surface area (Å²) in [6, 6.07) is 0. The molecular weight excluding hydrogens is 302 g/mol. The predicted molar refractivity (Wildman–Crippen MR) is 75.4 cm³/mol. The first-order valence-corrected chi connectivity index (χ1v) is 8.94. The average molecular weight is 317 g/mol. The van der Waals surface area contributed by atoms with E-state index in [0.717, 1.165) is 9.08 Å². The molecule has 0 radical (unpaired) electrons. The van der Waals surface area contributed by atoms with Crippen molar-refractivity contribution in [3.05, 3.63) is 16.8 Å². The van der Waals surface area contributed by atoms with E-state index in [1.165, 1.54) is 18.1 Å². The highest BCUT2D eigenvalue weighted by Crippen LogP contribution is 2.15. The summed E-state index contributed by atoms with van der Waals surface area (Å²) in [6.45, 7) is 3.60. The number of thioether (sulfide) groups is 1. The number of fused-ring (bicyclic) bond motifs is 1. The van der Waals surface area contributed by atoms with Crippen LogP contribution in [-0.4, -0.2) is 44.8 Å². The molecule has 0 saturated carbocycles. The van der Waals surface area contributed by atoms with Gasteiger partial charge in [-0.25, -0.2) is 22.6 Å². The summed E-state index contributed by atoms with van der Waals surface area (Å²) in [7, 11) is -3.57. The van der Waals surface area contributed by atoms with Gasteiger partial charge in [0.2, 0.25) is 10.7 Å². The van der Waals surface area contributed by atoms with Crippen LogP contribution in [0.2, 0.25) is 0 Å². The third-order valence-electron chi connectivity index (χ3n) is 2.48. The molecule has 0 fully saturated rings. The number of nitrogens with zero attached hydrogens (tertiary/aromatic N) is 5. The van der Waals surface area contributed by atoms with Gasteiger partial charge in [0.25, 0.3) is 0 Å². The average Bonchev–Trinajstić information content (AvgIpc) is 2.76. The number of hydrogen-bond donors (Lipinski definition) is 0. The quantitative estimate of drug-likeness (QED) is 0.767. The Balaban J connectivity index is 2.59. The minimum absolute atomic E-state index is 0.0204. The molecule has 0 bridgehead atoms. The molecule has 110 valence electrons. The van der Waals surface area contributed by atoms with Crippen LogP contribution in [0.15, 0.2) is 16.1 Å². The fourth-order valence-electron chi connectivity index (χ4n) is 1.76. The normalized spacial score (nSPS) is 12.4. The largest absolute Gasteiger partial charge is 0.353 e. The van der Waals surface area contributed by atoms with Gasteiger partial charge in [0.15, 0.2) is 9.84 Å². The predicted octanol–water partition coefficient (Wildman–Crippen LogP) is 0.0362. The van der Waals surface area contributed by atoms with Crippen LogP contribution in [0.4, 0.5) is 0 Å². The van der Waals surface area contributed by atoms with Crippen LogP contribution >= 0.6 is 11.8 Å². The molecule has 2 rings (SSSR count). The van der Waals surface area contributed by atoms with Crippen molar-refractivity contribution in [2.75, 3.05) is 12.0 Å². The molecule has 2 aromatic rings. The van der Waals surface area contributed by atoms with Gasteiger partial charge >= 0.3 is 5.69 Å². The van der Waals surface area contributed by atoms with Crippen LogP contribution < -0.4 is 5.69 Å². The van der Waals surface area contributed by atoms with Gasteiger partial charge in [-0.3, -0.25) is 0 Å². The van der Waals surface area contributed by atoms with E-state index in [4.69, 9.17) is 0 Å². The molecule has 0 aliphatic carbocycles. The number of hydrogen-bond acceptors (Lipinski definition) is 7. The second-order valence-electron chi connectivity index (χ2n) is 4.71. The molecule has 2 aromatic heterocycles. The first-order valence-electron chi connectivity index (χ1n) is 5.89. The molecule has 0 aliphatic heterocycles. The van der Waals surface area contributed by atoms with Gasteiger partial charge in [0.05, 0.1) is 11.6 Å². The molecule has 20 heavy (non-hydrogen) atoms. The number of imidazole rings is 1. The van der Waals surface area contributed by atoms with E-state index in [1.807, 2.05) is 6.26 Å². The van der Waals surface area contributed by atoms with E-state index < -0.39 is 15.5 Å².